The van der Waals surface area contributed by atoms with Crippen molar-refractivity contribution in [2.24, 2.45) is 0 Å². The summed E-state index contributed by atoms with van der Waals surface area (Å²) < 4.78 is 11.0. The van der Waals surface area contributed by atoms with Crippen LogP contribution in [-0.2, 0) is 0 Å². The smallest absolute Gasteiger partial charge is 0.134 e. The van der Waals surface area contributed by atoms with Crippen molar-refractivity contribution in [1.82, 2.24) is 0 Å². The molecule has 118 valence electrons. The second kappa shape index (κ2) is 7.08. The highest BCUT2D eigenvalue weighted by molar-refractivity contribution is 6.30. The lowest BCUT2D eigenvalue weighted by molar-refractivity contribution is 0.415. The maximum atomic E-state index is 9.38. The van der Waals surface area contributed by atoms with Crippen molar-refractivity contribution in [3.8, 4) is 23.1 Å². The Labute approximate surface area is 145 Å². The summed E-state index contributed by atoms with van der Waals surface area (Å²) in [6, 6.07) is 20.7. The quantitative estimate of drug-likeness (QED) is 0.577. The molecule has 1 heterocycles. The Morgan fingerprint density at radius 2 is 1.75 bits per heavy atom. The van der Waals surface area contributed by atoms with E-state index in [-0.39, 0.29) is 0 Å². The third-order valence-corrected chi connectivity index (χ3v) is 3.82. The summed E-state index contributed by atoms with van der Waals surface area (Å²) in [5, 5.41) is 10.0. The first-order valence-electron chi connectivity index (χ1n) is 7.31. The summed E-state index contributed by atoms with van der Waals surface area (Å²) in [5.41, 5.74) is 2.26. The van der Waals surface area contributed by atoms with Gasteiger partial charge in [0, 0.05) is 10.6 Å². The van der Waals surface area contributed by atoms with Crippen molar-refractivity contribution in [3.63, 3.8) is 0 Å². The normalized spacial score (nSPS) is 11.1. The van der Waals surface area contributed by atoms with E-state index >= 15 is 0 Å². The zero-order valence-electron chi connectivity index (χ0n) is 13.0. The molecule has 4 heteroatoms. The Hall–Kier alpha value is -2.96. The van der Waals surface area contributed by atoms with Gasteiger partial charge in [-0.15, -0.1) is 0 Å². The number of halogens is 1. The Kier molecular flexibility index (Phi) is 4.69. The van der Waals surface area contributed by atoms with Gasteiger partial charge in [-0.1, -0.05) is 23.7 Å². The number of ether oxygens (including phenoxy) is 1. The highest BCUT2D eigenvalue weighted by atomic mass is 35.5. The lowest BCUT2D eigenvalue weighted by atomic mass is 10.1. The lowest BCUT2D eigenvalue weighted by Gasteiger charge is -2.01. The first kappa shape index (κ1) is 15.9. The summed E-state index contributed by atoms with van der Waals surface area (Å²) in [7, 11) is 1.63. The van der Waals surface area contributed by atoms with Crippen LogP contribution in [0.4, 0.5) is 0 Å². The van der Waals surface area contributed by atoms with Crippen molar-refractivity contribution in [3.05, 3.63) is 77.0 Å². The molecule has 0 N–H and O–H groups in total. The number of furan rings is 1. The number of methoxy groups -OCH3 is 1. The molecule has 0 saturated heterocycles. The molecule has 2 aromatic carbocycles. The third-order valence-electron chi connectivity index (χ3n) is 3.56. The standard InChI is InChI=1S/C20H14ClNO2/c1-23-18-8-4-15(5-9-18)20-11-10-19(24-20)12-16(13-22)14-2-6-17(21)7-3-14/h2-12H,1H3/b16-12+. The molecular formula is C20H14ClNO2. The summed E-state index contributed by atoms with van der Waals surface area (Å²) in [5.74, 6) is 2.14. The van der Waals surface area contributed by atoms with E-state index in [2.05, 4.69) is 6.07 Å². The molecule has 3 aromatic rings. The van der Waals surface area contributed by atoms with E-state index in [0.717, 1.165) is 22.6 Å². The van der Waals surface area contributed by atoms with Gasteiger partial charge in [-0.05, 0) is 60.2 Å². The Morgan fingerprint density at radius 3 is 2.38 bits per heavy atom. The van der Waals surface area contributed by atoms with Gasteiger partial charge >= 0.3 is 0 Å². The molecule has 0 bridgehead atoms. The van der Waals surface area contributed by atoms with Crippen LogP contribution in [0, 0.1) is 11.3 Å². The molecule has 3 nitrogen and oxygen atoms in total. The first-order chi connectivity index (χ1) is 11.7. The molecule has 0 radical (unpaired) electrons. The van der Waals surface area contributed by atoms with E-state index in [1.165, 1.54) is 0 Å². The van der Waals surface area contributed by atoms with E-state index in [4.69, 9.17) is 20.8 Å². The highest BCUT2D eigenvalue weighted by Crippen LogP contribution is 2.27. The average Bonchev–Trinajstić information content (AvgIpc) is 3.09. The first-order valence-corrected chi connectivity index (χ1v) is 7.69. The van der Waals surface area contributed by atoms with Gasteiger partial charge in [0.05, 0.1) is 18.8 Å². The van der Waals surface area contributed by atoms with E-state index in [1.54, 1.807) is 25.3 Å². The van der Waals surface area contributed by atoms with E-state index < -0.39 is 0 Å². The zero-order chi connectivity index (χ0) is 16.9. The highest BCUT2D eigenvalue weighted by Gasteiger charge is 2.06. The molecule has 0 aliphatic rings. The largest absolute Gasteiger partial charge is 0.497 e. The minimum absolute atomic E-state index is 0.516. The van der Waals surface area contributed by atoms with E-state index in [0.29, 0.717) is 16.4 Å². The molecule has 0 spiro atoms. The molecule has 1 aromatic heterocycles. The van der Waals surface area contributed by atoms with Crippen LogP contribution in [-0.4, -0.2) is 7.11 Å². The third kappa shape index (κ3) is 3.51. The molecular weight excluding hydrogens is 322 g/mol. The van der Waals surface area contributed by atoms with Gasteiger partial charge in [-0.2, -0.15) is 5.26 Å². The lowest BCUT2D eigenvalue weighted by Crippen LogP contribution is -1.81. The Balaban J connectivity index is 1.88. The molecule has 0 aliphatic carbocycles. The van der Waals surface area contributed by atoms with Crippen LogP contribution in [0.1, 0.15) is 11.3 Å². The number of hydrogen-bond donors (Lipinski definition) is 0. The summed E-state index contributed by atoms with van der Waals surface area (Å²) in [6.07, 6.45) is 1.72. The predicted molar refractivity (Wildman–Crippen MR) is 95.6 cm³/mol. The van der Waals surface area contributed by atoms with Crippen LogP contribution in [0.25, 0.3) is 23.0 Å². The Morgan fingerprint density at radius 1 is 1.04 bits per heavy atom. The zero-order valence-corrected chi connectivity index (χ0v) is 13.7. The van der Waals surface area contributed by atoms with Gasteiger partial charge in [0.15, 0.2) is 0 Å². The van der Waals surface area contributed by atoms with Crippen molar-refractivity contribution in [1.29, 1.82) is 5.26 Å². The molecule has 0 fully saturated rings. The minimum Gasteiger partial charge on any atom is -0.497 e. The van der Waals surface area contributed by atoms with Crippen LogP contribution < -0.4 is 4.74 Å². The summed E-state index contributed by atoms with van der Waals surface area (Å²) >= 11 is 5.88. The van der Waals surface area contributed by atoms with Crippen LogP contribution in [0.15, 0.2) is 65.1 Å². The fourth-order valence-corrected chi connectivity index (χ4v) is 2.42. The number of rotatable bonds is 4. The van der Waals surface area contributed by atoms with Crippen LogP contribution in [0.2, 0.25) is 5.02 Å². The molecule has 0 amide bonds. The fourth-order valence-electron chi connectivity index (χ4n) is 2.29. The Bertz CT molecular complexity index is 900. The van der Waals surface area contributed by atoms with E-state index in [9.17, 15) is 5.26 Å². The number of allylic oxidation sites excluding steroid dienone is 1. The number of nitrogens with zero attached hydrogens (tertiary/aromatic N) is 1. The molecule has 0 unspecified atom stereocenters. The minimum atomic E-state index is 0.516. The van der Waals surface area contributed by atoms with Crippen LogP contribution in [0.5, 0.6) is 5.75 Å². The van der Waals surface area contributed by atoms with Gasteiger partial charge in [0.2, 0.25) is 0 Å². The van der Waals surface area contributed by atoms with Gasteiger partial charge < -0.3 is 9.15 Å². The number of hydrogen-bond acceptors (Lipinski definition) is 3. The molecule has 0 aliphatic heterocycles. The maximum Gasteiger partial charge on any atom is 0.134 e. The second-order valence-electron chi connectivity index (χ2n) is 5.11. The predicted octanol–water partition coefficient (Wildman–Crippen LogP) is 5.67. The molecule has 24 heavy (non-hydrogen) atoms. The van der Waals surface area contributed by atoms with E-state index in [1.807, 2.05) is 48.5 Å². The van der Waals surface area contributed by atoms with Crippen molar-refractivity contribution < 1.29 is 9.15 Å². The molecule has 3 rings (SSSR count). The van der Waals surface area contributed by atoms with Crippen LogP contribution in [0.3, 0.4) is 0 Å². The summed E-state index contributed by atoms with van der Waals surface area (Å²) in [6.45, 7) is 0. The van der Waals surface area contributed by atoms with Gasteiger partial charge in [0.25, 0.3) is 0 Å². The SMILES string of the molecule is COc1ccc(-c2ccc(/C=C(\C#N)c3ccc(Cl)cc3)o2)cc1. The summed E-state index contributed by atoms with van der Waals surface area (Å²) in [4.78, 5) is 0. The number of benzene rings is 2. The second-order valence-corrected chi connectivity index (χ2v) is 5.54. The topological polar surface area (TPSA) is 46.2 Å². The van der Waals surface area contributed by atoms with Crippen molar-refractivity contribution in [2.45, 2.75) is 0 Å². The molecule has 0 atom stereocenters. The van der Waals surface area contributed by atoms with Crippen molar-refractivity contribution >= 4 is 23.3 Å². The van der Waals surface area contributed by atoms with Gasteiger partial charge in [-0.3, -0.25) is 0 Å². The van der Waals surface area contributed by atoms with Crippen molar-refractivity contribution in [2.75, 3.05) is 7.11 Å². The monoisotopic (exact) mass is 335 g/mol. The average molecular weight is 336 g/mol. The fraction of sp³-hybridized carbons (Fsp3) is 0.0500. The van der Waals surface area contributed by atoms with Gasteiger partial charge in [0.1, 0.15) is 17.3 Å². The number of nitriles is 1. The molecule has 0 saturated carbocycles. The van der Waals surface area contributed by atoms with Gasteiger partial charge in [-0.25, -0.2) is 0 Å². The maximum absolute atomic E-state index is 9.38. The van der Waals surface area contributed by atoms with Crippen LogP contribution >= 0.6 is 11.6 Å².